The number of H-pyrrole nitrogens is 1. The minimum absolute atomic E-state index is 0.751. The third kappa shape index (κ3) is 2.32. The van der Waals surface area contributed by atoms with Crippen LogP contribution < -0.4 is 0 Å². The maximum Gasteiger partial charge on any atom is 0.209 e. The van der Waals surface area contributed by atoms with Crippen molar-refractivity contribution in [2.75, 3.05) is 0 Å². The van der Waals surface area contributed by atoms with Crippen molar-refractivity contribution in [3.8, 4) is 10.7 Å². The molecule has 0 unspecified atom stereocenters. The average Bonchev–Trinajstić information content (AvgIpc) is 3.08. The maximum atomic E-state index is 4.45. The molecule has 0 aromatic carbocycles. The predicted octanol–water partition coefficient (Wildman–Crippen LogP) is 2.56. The molecule has 3 heterocycles. The van der Waals surface area contributed by atoms with Crippen LogP contribution in [0.25, 0.3) is 10.7 Å². The zero-order valence-corrected chi connectivity index (χ0v) is 11.3. The van der Waals surface area contributed by atoms with Gasteiger partial charge >= 0.3 is 0 Å². The van der Waals surface area contributed by atoms with Gasteiger partial charge in [-0.25, -0.2) is 9.97 Å². The Labute approximate surface area is 112 Å². The molecule has 3 aromatic rings. The van der Waals surface area contributed by atoms with Crippen molar-refractivity contribution in [3.63, 3.8) is 0 Å². The molecule has 5 nitrogen and oxygen atoms in total. The molecule has 0 fully saturated rings. The summed E-state index contributed by atoms with van der Waals surface area (Å²) in [5, 5.41) is 9.93. The van der Waals surface area contributed by atoms with Gasteiger partial charge in [-0.3, -0.25) is 5.10 Å². The quantitative estimate of drug-likeness (QED) is 0.745. The first-order valence-electron chi connectivity index (χ1n) is 5.38. The third-order valence-electron chi connectivity index (χ3n) is 2.47. The second-order valence-corrected chi connectivity index (χ2v) is 5.58. The highest BCUT2D eigenvalue weighted by molar-refractivity contribution is 7.98. The number of aromatic amines is 1. The van der Waals surface area contributed by atoms with E-state index in [9.17, 15) is 0 Å². The van der Waals surface area contributed by atoms with Crippen LogP contribution in [-0.4, -0.2) is 24.7 Å². The molecule has 0 radical (unpaired) electrons. The number of aryl methyl sites for hydroxylation is 1. The van der Waals surface area contributed by atoms with E-state index in [0.717, 1.165) is 27.4 Å². The van der Waals surface area contributed by atoms with Crippen LogP contribution in [0.3, 0.4) is 0 Å². The minimum atomic E-state index is 0.751. The summed E-state index contributed by atoms with van der Waals surface area (Å²) in [7, 11) is 1.98. The van der Waals surface area contributed by atoms with Gasteiger partial charge in [0.15, 0.2) is 5.82 Å². The molecule has 0 bridgehead atoms. The number of rotatable bonds is 4. The van der Waals surface area contributed by atoms with Crippen molar-refractivity contribution in [1.29, 1.82) is 0 Å². The van der Waals surface area contributed by atoms with E-state index in [1.807, 2.05) is 35.3 Å². The second-order valence-electron chi connectivity index (χ2n) is 3.69. The Morgan fingerprint density at radius 1 is 1.50 bits per heavy atom. The van der Waals surface area contributed by atoms with Crippen LogP contribution in [-0.2, 0) is 12.8 Å². The lowest BCUT2D eigenvalue weighted by Gasteiger charge is -1.97. The van der Waals surface area contributed by atoms with Crippen LogP contribution in [0, 0.1) is 0 Å². The summed E-state index contributed by atoms with van der Waals surface area (Å²) in [4.78, 5) is 9.82. The molecule has 0 saturated carbocycles. The number of hydrogen-bond donors (Lipinski definition) is 1. The second kappa shape index (κ2) is 4.95. The number of thiophene rings is 1. The molecule has 1 N–H and O–H groups in total. The zero-order chi connectivity index (χ0) is 12.4. The van der Waals surface area contributed by atoms with Gasteiger partial charge < -0.3 is 4.57 Å². The van der Waals surface area contributed by atoms with Gasteiger partial charge in [0.2, 0.25) is 5.16 Å². The van der Waals surface area contributed by atoms with E-state index in [1.165, 1.54) is 0 Å². The number of imidazole rings is 1. The Bertz CT molecular complexity index is 625. The SMILES string of the molecule is Cn1ccnc1CSc1n[nH]c(-c2cccs2)n1. The Hall–Kier alpha value is -1.60. The lowest BCUT2D eigenvalue weighted by Crippen LogP contribution is -1.94. The van der Waals surface area contributed by atoms with Crippen molar-refractivity contribution >= 4 is 23.1 Å². The highest BCUT2D eigenvalue weighted by Gasteiger charge is 2.08. The standard InChI is InChI=1S/C11H11N5S2/c1-16-5-4-12-9(16)7-18-11-13-10(14-15-11)8-3-2-6-17-8/h2-6H,7H2,1H3,(H,13,14,15). The summed E-state index contributed by atoms with van der Waals surface area (Å²) in [5.41, 5.74) is 0. The van der Waals surface area contributed by atoms with E-state index in [1.54, 1.807) is 29.3 Å². The molecule has 7 heteroatoms. The average molecular weight is 277 g/mol. The van der Waals surface area contributed by atoms with E-state index in [-0.39, 0.29) is 0 Å². The number of hydrogen-bond acceptors (Lipinski definition) is 5. The van der Waals surface area contributed by atoms with Crippen molar-refractivity contribution in [2.45, 2.75) is 10.9 Å². The summed E-state index contributed by atoms with van der Waals surface area (Å²) in [5.74, 6) is 2.61. The predicted molar refractivity (Wildman–Crippen MR) is 72.5 cm³/mol. The van der Waals surface area contributed by atoms with Crippen LogP contribution in [0.1, 0.15) is 5.82 Å². The van der Waals surface area contributed by atoms with E-state index in [0.29, 0.717) is 0 Å². The highest BCUT2D eigenvalue weighted by atomic mass is 32.2. The molecule has 0 amide bonds. The number of nitrogens with zero attached hydrogens (tertiary/aromatic N) is 4. The lowest BCUT2D eigenvalue weighted by atomic mass is 10.4. The van der Waals surface area contributed by atoms with Crippen molar-refractivity contribution in [1.82, 2.24) is 24.7 Å². The highest BCUT2D eigenvalue weighted by Crippen LogP contribution is 2.24. The van der Waals surface area contributed by atoms with Gasteiger partial charge in [-0.2, -0.15) is 0 Å². The van der Waals surface area contributed by atoms with Crippen LogP contribution in [0.4, 0.5) is 0 Å². The van der Waals surface area contributed by atoms with E-state index >= 15 is 0 Å². The topological polar surface area (TPSA) is 59.4 Å². The van der Waals surface area contributed by atoms with Gasteiger partial charge in [0.05, 0.1) is 10.6 Å². The lowest BCUT2D eigenvalue weighted by molar-refractivity contribution is 0.847. The van der Waals surface area contributed by atoms with E-state index in [2.05, 4.69) is 20.2 Å². The Morgan fingerprint density at radius 2 is 2.44 bits per heavy atom. The molecule has 0 atom stereocenters. The molecule has 0 aliphatic rings. The minimum Gasteiger partial charge on any atom is -0.337 e. The van der Waals surface area contributed by atoms with Gasteiger partial charge in [0.25, 0.3) is 0 Å². The molecular formula is C11H11N5S2. The maximum absolute atomic E-state index is 4.45. The summed E-state index contributed by atoms with van der Waals surface area (Å²) < 4.78 is 2.00. The van der Waals surface area contributed by atoms with Crippen LogP contribution in [0.5, 0.6) is 0 Å². The molecular weight excluding hydrogens is 266 g/mol. The third-order valence-corrected chi connectivity index (χ3v) is 4.19. The van der Waals surface area contributed by atoms with Gasteiger partial charge in [-0.15, -0.1) is 16.4 Å². The molecule has 92 valence electrons. The number of thioether (sulfide) groups is 1. The van der Waals surface area contributed by atoms with Crippen LogP contribution >= 0.6 is 23.1 Å². The largest absolute Gasteiger partial charge is 0.337 e. The fourth-order valence-corrected chi connectivity index (χ4v) is 2.97. The van der Waals surface area contributed by atoms with E-state index < -0.39 is 0 Å². The molecule has 0 aliphatic carbocycles. The van der Waals surface area contributed by atoms with Gasteiger partial charge in [-0.1, -0.05) is 17.8 Å². The van der Waals surface area contributed by atoms with Crippen molar-refractivity contribution in [2.24, 2.45) is 7.05 Å². The first kappa shape index (κ1) is 11.5. The molecule has 3 rings (SSSR count). The fourth-order valence-electron chi connectivity index (χ4n) is 1.50. The molecule has 0 spiro atoms. The zero-order valence-electron chi connectivity index (χ0n) is 9.70. The van der Waals surface area contributed by atoms with E-state index in [4.69, 9.17) is 0 Å². The first-order chi connectivity index (χ1) is 8.83. The Balaban J connectivity index is 1.69. The Kier molecular flexibility index (Phi) is 3.16. The van der Waals surface area contributed by atoms with Gasteiger partial charge in [0.1, 0.15) is 5.82 Å². The fraction of sp³-hybridized carbons (Fsp3) is 0.182. The summed E-state index contributed by atoms with van der Waals surface area (Å²) >= 11 is 3.23. The molecule has 18 heavy (non-hydrogen) atoms. The molecule has 3 aromatic heterocycles. The number of nitrogens with one attached hydrogen (secondary N) is 1. The smallest absolute Gasteiger partial charge is 0.209 e. The summed E-state index contributed by atoms with van der Waals surface area (Å²) in [6, 6.07) is 4.03. The van der Waals surface area contributed by atoms with Crippen molar-refractivity contribution in [3.05, 3.63) is 35.7 Å². The van der Waals surface area contributed by atoms with Gasteiger partial charge in [0, 0.05) is 19.4 Å². The summed E-state index contributed by atoms with van der Waals surface area (Å²) in [6.07, 6.45) is 3.73. The van der Waals surface area contributed by atoms with Crippen molar-refractivity contribution < 1.29 is 0 Å². The molecule has 0 saturated heterocycles. The first-order valence-corrected chi connectivity index (χ1v) is 7.25. The normalized spacial score (nSPS) is 10.9. The van der Waals surface area contributed by atoms with Crippen LogP contribution in [0.2, 0.25) is 0 Å². The van der Waals surface area contributed by atoms with Gasteiger partial charge in [-0.05, 0) is 11.4 Å². The van der Waals surface area contributed by atoms with Crippen LogP contribution in [0.15, 0.2) is 35.1 Å². The molecule has 0 aliphatic heterocycles. The summed E-state index contributed by atoms with van der Waals surface area (Å²) in [6.45, 7) is 0. The number of aromatic nitrogens is 5. The monoisotopic (exact) mass is 277 g/mol. The Morgan fingerprint density at radius 3 is 3.17 bits per heavy atom.